The van der Waals surface area contributed by atoms with Crippen molar-refractivity contribution in [3.63, 3.8) is 0 Å². The second-order valence-electron chi connectivity index (χ2n) is 13.8. The molecule has 1 fully saturated rings. The Morgan fingerprint density at radius 3 is 2.42 bits per heavy atom. The number of nitrogens with one attached hydrogen (secondary N) is 3. The first-order valence-corrected chi connectivity index (χ1v) is 16.7. The van der Waals surface area contributed by atoms with E-state index in [-0.39, 0.29) is 42.4 Å². The number of Topliss-reactive ketones (excluding diaryl/α,β-unsaturated/α-hetero) is 1. The second kappa shape index (κ2) is 15.4. The van der Waals surface area contributed by atoms with E-state index in [9.17, 15) is 19.2 Å². The van der Waals surface area contributed by atoms with Crippen molar-refractivity contribution >= 4 is 35.2 Å². The number of anilines is 1. The molecule has 1 atom stereocenters. The van der Waals surface area contributed by atoms with Crippen LogP contribution in [0.1, 0.15) is 69.6 Å². The summed E-state index contributed by atoms with van der Waals surface area (Å²) < 4.78 is 5.35. The van der Waals surface area contributed by atoms with E-state index in [0.29, 0.717) is 24.5 Å². The third kappa shape index (κ3) is 9.59. The number of ketones is 1. The molecule has 0 saturated heterocycles. The van der Waals surface area contributed by atoms with E-state index < -0.39 is 17.6 Å². The molecule has 10 nitrogen and oxygen atoms in total. The minimum atomic E-state index is -0.573. The molecular formula is C38H45N5O5. The molecule has 48 heavy (non-hydrogen) atoms. The van der Waals surface area contributed by atoms with Crippen molar-refractivity contribution in [2.45, 2.75) is 71.8 Å². The minimum absolute atomic E-state index is 0.0974. The Morgan fingerprint density at radius 1 is 1.00 bits per heavy atom. The number of amidine groups is 1. The van der Waals surface area contributed by atoms with Gasteiger partial charge in [-0.05, 0) is 118 Å². The molecule has 2 aromatic carbocycles. The summed E-state index contributed by atoms with van der Waals surface area (Å²) in [6.07, 6.45) is 6.83. The second-order valence-corrected chi connectivity index (χ2v) is 13.8. The molecule has 0 bridgehead atoms. The first-order chi connectivity index (χ1) is 22.9. The number of pyridine rings is 1. The molecule has 3 N–H and O–H groups in total. The molecule has 2 aliphatic rings. The third-order valence-electron chi connectivity index (χ3n) is 8.86. The van der Waals surface area contributed by atoms with Crippen molar-refractivity contribution in [1.82, 2.24) is 15.6 Å². The molecule has 1 aliphatic heterocycles. The fourth-order valence-electron chi connectivity index (χ4n) is 6.33. The summed E-state index contributed by atoms with van der Waals surface area (Å²) in [5.74, 6) is -0.165. The topological polar surface area (TPSA) is 139 Å². The number of amides is 3. The first-order valence-electron chi connectivity index (χ1n) is 16.7. The zero-order valence-corrected chi connectivity index (χ0v) is 28.2. The van der Waals surface area contributed by atoms with Crippen molar-refractivity contribution in [1.29, 1.82) is 0 Å². The zero-order chi connectivity index (χ0) is 34.3. The fraction of sp³-hybridized carbons (Fsp3) is 0.421. The molecular weight excluding hydrogens is 606 g/mol. The summed E-state index contributed by atoms with van der Waals surface area (Å²) in [5.41, 5.74) is 4.94. The number of hydrogen-bond donors (Lipinski definition) is 3. The van der Waals surface area contributed by atoms with Gasteiger partial charge in [0.2, 0.25) is 11.8 Å². The van der Waals surface area contributed by atoms with Gasteiger partial charge in [-0.1, -0.05) is 24.3 Å². The number of nitrogens with zero attached hydrogens (tertiary/aromatic N) is 2. The highest BCUT2D eigenvalue weighted by molar-refractivity contribution is 6.12. The van der Waals surface area contributed by atoms with E-state index in [2.05, 4.69) is 32.0 Å². The third-order valence-corrected chi connectivity index (χ3v) is 8.86. The van der Waals surface area contributed by atoms with Crippen LogP contribution in [0.2, 0.25) is 0 Å². The van der Waals surface area contributed by atoms with Gasteiger partial charge in [-0.2, -0.15) is 0 Å². The Morgan fingerprint density at radius 2 is 1.75 bits per heavy atom. The number of alkyl carbamates (subject to hydrolysis) is 1. The van der Waals surface area contributed by atoms with Gasteiger partial charge in [0, 0.05) is 48.4 Å². The molecule has 3 aromatic rings. The molecule has 0 unspecified atom stereocenters. The number of aromatic nitrogens is 1. The normalized spacial score (nSPS) is 18.3. The quantitative estimate of drug-likeness (QED) is 0.232. The highest BCUT2D eigenvalue weighted by Gasteiger charge is 2.31. The predicted molar refractivity (Wildman–Crippen MR) is 186 cm³/mol. The Kier molecular flexibility index (Phi) is 11.0. The molecule has 1 aromatic heterocycles. The minimum Gasteiger partial charge on any atom is -0.444 e. The number of aliphatic imine (C=N–C) groups is 1. The summed E-state index contributed by atoms with van der Waals surface area (Å²) in [5, 5.41) is 8.62. The van der Waals surface area contributed by atoms with Crippen LogP contribution in [0.25, 0.3) is 11.1 Å². The molecule has 1 saturated carbocycles. The maximum absolute atomic E-state index is 13.8. The number of hydrogen-bond acceptors (Lipinski definition) is 7. The average molecular weight is 652 g/mol. The van der Waals surface area contributed by atoms with Crippen molar-refractivity contribution in [3.8, 4) is 11.1 Å². The number of carbonyl (C=O) groups is 4. The Hall–Kier alpha value is -4.86. The zero-order valence-electron chi connectivity index (χ0n) is 28.2. The van der Waals surface area contributed by atoms with Crippen LogP contribution in [0.15, 0.2) is 72.0 Å². The van der Waals surface area contributed by atoms with Crippen molar-refractivity contribution < 1.29 is 23.9 Å². The fourth-order valence-corrected chi connectivity index (χ4v) is 6.33. The van der Waals surface area contributed by atoms with Crippen LogP contribution in [-0.2, 0) is 25.5 Å². The van der Waals surface area contributed by atoms with Gasteiger partial charge < -0.3 is 20.7 Å². The van der Waals surface area contributed by atoms with E-state index in [1.807, 2.05) is 58.2 Å². The van der Waals surface area contributed by atoms with Gasteiger partial charge in [0.05, 0.1) is 0 Å². The molecule has 3 amide bonds. The molecule has 5 rings (SSSR count). The molecule has 1 aliphatic carbocycles. The molecule has 2 heterocycles. The Balaban J connectivity index is 1.25. The van der Waals surface area contributed by atoms with Gasteiger partial charge in [0.1, 0.15) is 23.8 Å². The largest absolute Gasteiger partial charge is 0.444 e. The standard InChI is InChI=1S/C38H45N5O5/c1-24-21-39-17-16-32(24)29-7-5-6-26(18-29)19-30(36(46)42-31-14-12-28(13-15-31)35-40-23-34(45)43-35)20-33(44)27-10-8-25(9-11-27)22-41-37(47)48-38(2,3)4/h5-7,12-18,21,25,27,30H,8-11,19-20,22-23H2,1-4H3,(H,41,47)(H,42,46)(H,40,43,45)/t25?,27?,30-/m1/s1. The number of aryl methyl sites for hydroxylation is 1. The van der Waals surface area contributed by atoms with Gasteiger partial charge in [-0.3, -0.25) is 24.4 Å². The summed E-state index contributed by atoms with van der Waals surface area (Å²) in [7, 11) is 0. The summed E-state index contributed by atoms with van der Waals surface area (Å²) in [6, 6.07) is 17.2. The average Bonchev–Trinajstić information content (AvgIpc) is 3.49. The summed E-state index contributed by atoms with van der Waals surface area (Å²) >= 11 is 0. The monoisotopic (exact) mass is 651 g/mol. The number of rotatable bonds is 11. The van der Waals surface area contributed by atoms with E-state index in [4.69, 9.17) is 4.74 Å². The van der Waals surface area contributed by atoms with Crippen LogP contribution in [-0.4, -0.2) is 53.2 Å². The Bertz CT molecular complexity index is 1670. The SMILES string of the molecule is Cc1cnccc1-c1cccc(C[C@H](CC(=O)C2CCC(CNC(=O)OC(C)(C)C)CC2)C(=O)Nc2ccc(C3=NCC(=O)N3)cc2)c1. The van der Waals surface area contributed by atoms with E-state index in [1.165, 1.54) is 0 Å². The number of ether oxygens (including phenoxy) is 1. The lowest BCUT2D eigenvalue weighted by atomic mass is 9.77. The summed E-state index contributed by atoms with van der Waals surface area (Å²) in [6.45, 7) is 8.15. The van der Waals surface area contributed by atoms with E-state index in [0.717, 1.165) is 53.5 Å². The van der Waals surface area contributed by atoms with Crippen LogP contribution < -0.4 is 16.0 Å². The molecule has 0 radical (unpaired) electrons. The highest BCUT2D eigenvalue weighted by Crippen LogP contribution is 2.32. The molecule has 252 valence electrons. The van der Waals surface area contributed by atoms with Crippen molar-refractivity contribution in [2.24, 2.45) is 22.7 Å². The highest BCUT2D eigenvalue weighted by atomic mass is 16.6. The smallest absolute Gasteiger partial charge is 0.407 e. The van der Waals surface area contributed by atoms with Crippen LogP contribution >= 0.6 is 0 Å². The lowest BCUT2D eigenvalue weighted by Crippen LogP contribution is -2.37. The number of carbonyl (C=O) groups excluding carboxylic acids is 4. The van der Waals surface area contributed by atoms with Crippen molar-refractivity contribution in [3.05, 3.63) is 83.7 Å². The maximum atomic E-state index is 13.8. The Labute approximate surface area is 282 Å². The van der Waals surface area contributed by atoms with E-state index >= 15 is 0 Å². The lowest BCUT2D eigenvalue weighted by molar-refractivity contribution is -0.129. The van der Waals surface area contributed by atoms with Crippen LogP contribution in [0, 0.1) is 24.7 Å². The van der Waals surface area contributed by atoms with Gasteiger partial charge in [0.25, 0.3) is 0 Å². The van der Waals surface area contributed by atoms with Crippen LogP contribution in [0.4, 0.5) is 10.5 Å². The molecule has 0 spiro atoms. The van der Waals surface area contributed by atoms with Gasteiger partial charge in [0.15, 0.2) is 0 Å². The van der Waals surface area contributed by atoms with Gasteiger partial charge >= 0.3 is 6.09 Å². The van der Waals surface area contributed by atoms with Crippen LogP contribution in [0.5, 0.6) is 0 Å². The number of benzene rings is 2. The predicted octanol–water partition coefficient (Wildman–Crippen LogP) is 6.02. The lowest BCUT2D eigenvalue weighted by Gasteiger charge is -2.29. The van der Waals surface area contributed by atoms with Gasteiger partial charge in [-0.15, -0.1) is 0 Å². The summed E-state index contributed by atoms with van der Waals surface area (Å²) in [4.78, 5) is 59.6. The van der Waals surface area contributed by atoms with E-state index in [1.54, 1.807) is 30.5 Å². The van der Waals surface area contributed by atoms with Crippen molar-refractivity contribution in [2.75, 3.05) is 18.4 Å². The maximum Gasteiger partial charge on any atom is 0.407 e. The first kappa shape index (κ1) is 34.5. The van der Waals surface area contributed by atoms with Crippen LogP contribution in [0.3, 0.4) is 0 Å². The van der Waals surface area contributed by atoms with Gasteiger partial charge in [-0.25, -0.2) is 4.79 Å². The molecule has 10 heteroatoms.